The van der Waals surface area contributed by atoms with E-state index >= 15 is 0 Å². The van der Waals surface area contributed by atoms with Crippen molar-refractivity contribution in [3.8, 4) is 11.4 Å². The minimum atomic E-state index is -3.67. The van der Waals surface area contributed by atoms with Crippen molar-refractivity contribution in [2.75, 3.05) is 13.2 Å². The van der Waals surface area contributed by atoms with Crippen LogP contribution in [-0.2, 0) is 10.0 Å². The Bertz CT molecular complexity index is 822. The Morgan fingerprint density at radius 3 is 2.76 bits per heavy atom. The summed E-state index contributed by atoms with van der Waals surface area (Å²) < 4.78 is 35.2. The average Bonchev–Trinajstić information content (AvgIpc) is 3.09. The molecule has 1 aromatic carbocycles. The predicted molar refractivity (Wildman–Crippen MR) is 92.1 cm³/mol. The van der Waals surface area contributed by atoms with E-state index in [2.05, 4.69) is 22.4 Å². The van der Waals surface area contributed by atoms with Gasteiger partial charge in [0.05, 0.1) is 12.3 Å². The zero-order chi connectivity index (χ0) is 18.0. The molecule has 0 N–H and O–H groups in total. The number of hydrogen-bond acceptors (Lipinski definition) is 6. The van der Waals surface area contributed by atoms with Crippen LogP contribution in [0.1, 0.15) is 33.6 Å². The number of benzene rings is 1. The van der Waals surface area contributed by atoms with Crippen LogP contribution in [0.2, 0.25) is 0 Å². The smallest absolute Gasteiger partial charge is 0.247 e. The van der Waals surface area contributed by atoms with Crippen LogP contribution in [0.25, 0.3) is 5.69 Å². The van der Waals surface area contributed by atoms with Gasteiger partial charge in [-0.05, 0) is 61.2 Å². The molecule has 1 aliphatic rings. The van der Waals surface area contributed by atoms with Gasteiger partial charge in [-0.25, -0.2) is 13.1 Å². The predicted octanol–water partition coefficient (Wildman–Crippen LogP) is 1.87. The highest BCUT2D eigenvalue weighted by Gasteiger charge is 2.35. The summed E-state index contributed by atoms with van der Waals surface area (Å²) in [6.07, 6.45) is 3.15. The zero-order valence-electron chi connectivity index (χ0n) is 14.7. The fourth-order valence-corrected chi connectivity index (χ4v) is 5.07. The SMILES string of the molecule is CCOc1ccc(-n2cnnn2)cc1S(=O)(=O)N1CC[C@H](C)C[C@H]1C. The summed E-state index contributed by atoms with van der Waals surface area (Å²) in [4.78, 5) is 0.156. The lowest BCUT2D eigenvalue weighted by atomic mass is 9.95. The van der Waals surface area contributed by atoms with Gasteiger partial charge in [0.15, 0.2) is 0 Å². The Hall–Kier alpha value is -2.00. The second kappa shape index (κ2) is 7.09. The van der Waals surface area contributed by atoms with Gasteiger partial charge in [-0.1, -0.05) is 6.92 Å². The van der Waals surface area contributed by atoms with Crippen molar-refractivity contribution in [3.05, 3.63) is 24.5 Å². The maximum atomic E-state index is 13.3. The van der Waals surface area contributed by atoms with Crippen LogP contribution in [-0.4, -0.2) is 52.1 Å². The molecule has 1 fully saturated rings. The highest BCUT2D eigenvalue weighted by molar-refractivity contribution is 7.89. The third-order valence-corrected chi connectivity index (χ3v) is 6.54. The molecule has 0 saturated carbocycles. The van der Waals surface area contributed by atoms with Crippen molar-refractivity contribution in [2.24, 2.45) is 5.92 Å². The van der Waals surface area contributed by atoms with E-state index in [0.29, 0.717) is 30.5 Å². The standard InChI is InChI=1S/C16H23N5O3S/c1-4-24-15-6-5-14(20-11-17-18-19-20)10-16(15)25(22,23)21-8-7-12(2)9-13(21)3/h5-6,10-13H,4,7-9H2,1-3H3/t12-,13+/m0/s1. The largest absolute Gasteiger partial charge is 0.492 e. The molecule has 3 rings (SSSR count). The zero-order valence-corrected chi connectivity index (χ0v) is 15.5. The number of piperidine rings is 1. The topological polar surface area (TPSA) is 90.2 Å². The van der Waals surface area contributed by atoms with Gasteiger partial charge in [-0.3, -0.25) is 0 Å². The Morgan fingerprint density at radius 2 is 2.12 bits per heavy atom. The monoisotopic (exact) mass is 365 g/mol. The molecule has 136 valence electrons. The minimum absolute atomic E-state index is 0.0417. The van der Waals surface area contributed by atoms with E-state index < -0.39 is 10.0 Å². The molecule has 0 amide bonds. The molecule has 1 saturated heterocycles. The summed E-state index contributed by atoms with van der Waals surface area (Å²) in [5.74, 6) is 0.880. The molecule has 0 radical (unpaired) electrons. The van der Waals surface area contributed by atoms with Crippen LogP contribution in [0.3, 0.4) is 0 Å². The summed E-state index contributed by atoms with van der Waals surface area (Å²) in [6, 6.07) is 4.92. The number of sulfonamides is 1. The minimum Gasteiger partial charge on any atom is -0.492 e. The van der Waals surface area contributed by atoms with E-state index in [-0.39, 0.29) is 10.9 Å². The van der Waals surface area contributed by atoms with Crippen LogP contribution >= 0.6 is 0 Å². The van der Waals surface area contributed by atoms with Crippen LogP contribution in [0.15, 0.2) is 29.4 Å². The molecule has 0 bridgehead atoms. The van der Waals surface area contributed by atoms with Crippen LogP contribution in [0, 0.1) is 5.92 Å². The molecular formula is C16H23N5O3S. The lowest BCUT2D eigenvalue weighted by Crippen LogP contribution is -2.44. The normalized spacial score (nSPS) is 22.0. The molecular weight excluding hydrogens is 342 g/mol. The number of aromatic nitrogens is 4. The first kappa shape index (κ1) is 17.8. The van der Waals surface area contributed by atoms with Crippen molar-refractivity contribution >= 4 is 10.0 Å². The van der Waals surface area contributed by atoms with Crippen molar-refractivity contribution in [2.45, 2.75) is 44.6 Å². The molecule has 0 aliphatic carbocycles. The Morgan fingerprint density at radius 1 is 1.32 bits per heavy atom. The lowest BCUT2D eigenvalue weighted by molar-refractivity contribution is 0.219. The first-order valence-corrected chi connectivity index (χ1v) is 9.89. The molecule has 0 spiro atoms. The number of hydrogen-bond donors (Lipinski definition) is 0. The van der Waals surface area contributed by atoms with Gasteiger partial charge in [-0.15, -0.1) is 5.10 Å². The molecule has 8 nitrogen and oxygen atoms in total. The van der Waals surface area contributed by atoms with Crippen LogP contribution in [0.5, 0.6) is 5.75 Å². The molecule has 0 unspecified atom stereocenters. The van der Waals surface area contributed by atoms with Gasteiger partial charge in [0.25, 0.3) is 0 Å². The second-order valence-corrected chi connectivity index (χ2v) is 8.27. The van der Waals surface area contributed by atoms with Gasteiger partial charge in [0.1, 0.15) is 17.0 Å². The summed E-state index contributed by atoms with van der Waals surface area (Å²) in [5, 5.41) is 11.0. The molecule has 2 atom stereocenters. The lowest BCUT2D eigenvalue weighted by Gasteiger charge is -2.35. The highest BCUT2D eigenvalue weighted by atomic mass is 32.2. The van der Waals surface area contributed by atoms with Gasteiger partial charge < -0.3 is 4.74 Å². The molecule has 25 heavy (non-hydrogen) atoms. The van der Waals surface area contributed by atoms with Gasteiger partial charge >= 0.3 is 0 Å². The summed E-state index contributed by atoms with van der Waals surface area (Å²) in [6.45, 7) is 6.85. The van der Waals surface area contributed by atoms with Crippen molar-refractivity contribution in [1.29, 1.82) is 0 Å². The first-order chi connectivity index (χ1) is 11.9. The summed E-state index contributed by atoms with van der Waals surface area (Å²) in [7, 11) is -3.67. The maximum Gasteiger partial charge on any atom is 0.247 e. The van der Waals surface area contributed by atoms with Crippen molar-refractivity contribution in [1.82, 2.24) is 24.5 Å². The van der Waals surface area contributed by atoms with E-state index in [0.717, 1.165) is 12.8 Å². The number of ether oxygens (including phenoxy) is 1. The van der Waals surface area contributed by atoms with E-state index in [1.807, 2.05) is 13.8 Å². The van der Waals surface area contributed by atoms with Crippen molar-refractivity contribution < 1.29 is 13.2 Å². The molecule has 1 aromatic heterocycles. The van der Waals surface area contributed by atoms with E-state index in [9.17, 15) is 8.42 Å². The van der Waals surface area contributed by atoms with Crippen molar-refractivity contribution in [3.63, 3.8) is 0 Å². The number of tetrazole rings is 1. The highest BCUT2D eigenvalue weighted by Crippen LogP contribution is 2.33. The molecule has 9 heteroatoms. The number of rotatable bonds is 5. The van der Waals surface area contributed by atoms with E-state index in [1.54, 1.807) is 22.5 Å². The van der Waals surface area contributed by atoms with Gasteiger partial charge in [0, 0.05) is 12.6 Å². The summed E-state index contributed by atoms with van der Waals surface area (Å²) in [5.41, 5.74) is 0.574. The quantitative estimate of drug-likeness (QED) is 0.803. The molecule has 2 heterocycles. The number of nitrogens with zero attached hydrogens (tertiary/aromatic N) is 5. The van der Waals surface area contributed by atoms with E-state index in [4.69, 9.17) is 4.74 Å². The summed E-state index contributed by atoms with van der Waals surface area (Å²) >= 11 is 0. The molecule has 1 aliphatic heterocycles. The second-order valence-electron chi connectivity index (χ2n) is 6.41. The third kappa shape index (κ3) is 3.52. The average molecular weight is 365 g/mol. The third-order valence-electron chi connectivity index (χ3n) is 4.50. The molecule has 2 aromatic rings. The first-order valence-electron chi connectivity index (χ1n) is 8.45. The fourth-order valence-electron chi connectivity index (χ4n) is 3.26. The fraction of sp³-hybridized carbons (Fsp3) is 0.562. The van der Waals surface area contributed by atoms with Gasteiger partial charge in [-0.2, -0.15) is 4.31 Å². The van der Waals surface area contributed by atoms with Crippen LogP contribution < -0.4 is 4.74 Å². The Balaban J connectivity index is 2.05. The van der Waals surface area contributed by atoms with Crippen LogP contribution in [0.4, 0.5) is 0 Å². The maximum absolute atomic E-state index is 13.3. The van der Waals surface area contributed by atoms with Gasteiger partial charge in [0.2, 0.25) is 10.0 Å². The Kier molecular flexibility index (Phi) is 5.05. The Labute approximate surface area is 147 Å². The van der Waals surface area contributed by atoms with E-state index in [1.165, 1.54) is 11.0 Å².